The van der Waals surface area contributed by atoms with Crippen LogP contribution in [0.4, 0.5) is 4.39 Å². The second-order valence-corrected chi connectivity index (χ2v) is 6.18. The van der Waals surface area contributed by atoms with Crippen molar-refractivity contribution >= 4 is 22.6 Å². The summed E-state index contributed by atoms with van der Waals surface area (Å²) in [6.45, 7) is 5.40. The topological polar surface area (TPSA) is 21.1 Å². The molecular weight excluding hydrogens is 289 g/mol. The standard InChI is InChI=1S/C16H21ClFN3/c1-12(20-8-2-3-9-20)11-21-15-10-13(18)4-5-14(15)19-16(21)6-7-17/h4-5,10,12H,2-3,6-9,11H2,1H3. The number of benzene rings is 1. The van der Waals surface area contributed by atoms with E-state index in [0.717, 1.165) is 36.5 Å². The Hall–Kier alpha value is -1.13. The molecule has 1 saturated heterocycles. The highest BCUT2D eigenvalue weighted by Crippen LogP contribution is 2.21. The number of hydrogen-bond donors (Lipinski definition) is 0. The number of nitrogens with zero attached hydrogens (tertiary/aromatic N) is 3. The van der Waals surface area contributed by atoms with E-state index in [9.17, 15) is 4.39 Å². The Morgan fingerprint density at radius 1 is 1.33 bits per heavy atom. The fourth-order valence-electron chi connectivity index (χ4n) is 3.19. The van der Waals surface area contributed by atoms with E-state index in [4.69, 9.17) is 11.6 Å². The second kappa shape index (κ2) is 6.32. The van der Waals surface area contributed by atoms with Crippen molar-refractivity contribution in [2.45, 2.75) is 38.8 Å². The van der Waals surface area contributed by atoms with Gasteiger partial charge in [-0.25, -0.2) is 9.37 Å². The lowest BCUT2D eigenvalue weighted by atomic mass is 10.2. The molecule has 1 unspecified atom stereocenters. The first-order chi connectivity index (χ1) is 10.2. The molecule has 0 spiro atoms. The fourth-order valence-corrected chi connectivity index (χ4v) is 3.36. The third-order valence-electron chi connectivity index (χ3n) is 4.32. The van der Waals surface area contributed by atoms with Gasteiger partial charge in [-0.1, -0.05) is 0 Å². The van der Waals surface area contributed by atoms with Crippen LogP contribution < -0.4 is 0 Å². The molecule has 114 valence electrons. The van der Waals surface area contributed by atoms with Crippen LogP contribution in [-0.4, -0.2) is 39.5 Å². The fraction of sp³-hybridized carbons (Fsp3) is 0.562. The Kier molecular flexibility index (Phi) is 4.45. The van der Waals surface area contributed by atoms with Crippen LogP contribution in [0, 0.1) is 5.82 Å². The van der Waals surface area contributed by atoms with Gasteiger partial charge in [0.2, 0.25) is 0 Å². The highest BCUT2D eigenvalue weighted by atomic mass is 35.5. The zero-order valence-electron chi connectivity index (χ0n) is 12.4. The summed E-state index contributed by atoms with van der Waals surface area (Å²) < 4.78 is 15.7. The molecule has 1 fully saturated rings. The molecule has 1 aromatic carbocycles. The molecule has 0 radical (unpaired) electrons. The van der Waals surface area contributed by atoms with Gasteiger partial charge in [0.05, 0.1) is 11.0 Å². The summed E-state index contributed by atoms with van der Waals surface area (Å²) in [7, 11) is 0. The van der Waals surface area contributed by atoms with Gasteiger partial charge in [0, 0.05) is 24.9 Å². The molecular formula is C16H21ClFN3. The summed E-state index contributed by atoms with van der Waals surface area (Å²) in [4.78, 5) is 7.11. The van der Waals surface area contributed by atoms with Gasteiger partial charge in [-0.15, -0.1) is 11.6 Å². The normalized spacial score (nSPS) is 17.7. The third kappa shape index (κ3) is 3.06. The van der Waals surface area contributed by atoms with Gasteiger partial charge < -0.3 is 4.57 Å². The number of alkyl halides is 1. The second-order valence-electron chi connectivity index (χ2n) is 5.80. The number of aromatic nitrogens is 2. The minimum absolute atomic E-state index is 0.213. The highest BCUT2D eigenvalue weighted by Gasteiger charge is 2.20. The van der Waals surface area contributed by atoms with E-state index in [1.807, 2.05) is 0 Å². The van der Waals surface area contributed by atoms with Crippen molar-refractivity contribution in [3.8, 4) is 0 Å². The summed E-state index contributed by atoms with van der Waals surface area (Å²) in [5.74, 6) is 1.27. The van der Waals surface area contributed by atoms with Crippen LogP contribution in [0.1, 0.15) is 25.6 Å². The summed E-state index contributed by atoms with van der Waals surface area (Å²) in [6.07, 6.45) is 3.26. The van der Waals surface area contributed by atoms with Crippen molar-refractivity contribution in [3.63, 3.8) is 0 Å². The van der Waals surface area contributed by atoms with Crippen molar-refractivity contribution in [2.24, 2.45) is 0 Å². The van der Waals surface area contributed by atoms with Gasteiger partial charge in [-0.2, -0.15) is 0 Å². The lowest BCUT2D eigenvalue weighted by Gasteiger charge is -2.25. The van der Waals surface area contributed by atoms with Crippen LogP contribution in [0.25, 0.3) is 11.0 Å². The Morgan fingerprint density at radius 3 is 2.81 bits per heavy atom. The van der Waals surface area contributed by atoms with Crippen molar-refractivity contribution in [2.75, 3.05) is 19.0 Å². The van der Waals surface area contributed by atoms with E-state index >= 15 is 0 Å². The van der Waals surface area contributed by atoms with E-state index in [2.05, 4.69) is 21.4 Å². The van der Waals surface area contributed by atoms with Gasteiger partial charge in [0.1, 0.15) is 11.6 Å². The monoisotopic (exact) mass is 309 g/mol. The third-order valence-corrected chi connectivity index (χ3v) is 4.51. The molecule has 5 heteroatoms. The van der Waals surface area contributed by atoms with Gasteiger partial charge in [-0.05, 0) is 51.1 Å². The Bertz CT molecular complexity index is 619. The SMILES string of the molecule is CC(Cn1c(CCCl)nc2ccc(F)cc21)N1CCCC1. The molecule has 0 N–H and O–H groups in total. The van der Waals surface area contributed by atoms with Gasteiger partial charge >= 0.3 is 0 Å². The maximum absolute atomic E-state index is 13.6. The first-order valence-electron chi connectivity index (χ1n) is 7.63. The van der Waals surface area contributed by atoms with E-state index in [-0.39, 0.29) is 5.82 Å². The lowest BCUT2D eigenvalue weighted by Crippen LogP contribution is -2.34. The number of aryl methyl sites for hydroxylation is 1. The molecule has 0 amide bonds. The van der Waals surface area contributed by atoms with Crippen molar-refractivity contribution in [1.82, 2.24) is 14.5 Å². The number of fused-ring (bicyclic) bond motifs is 1. The number of rotatable bonds is 5. The Morgan fingerprint density at radius 2 is 2.10 bits per heavy atom. The zero-order chi connectivity index (χ0) is 14.8. The Labute approximate surface area is 129 Å². The average molecular weight is 310 g/mol. The van der Waals surface area contributed by atoms with Crippen molar-refractivity contribution < 1.29 is 4.39 Å². The molecule has 1 aliphatic heterocycles. The number of halogens is 2. The molecule has 1 atom stereocenters. The maximum atomic E-state index is 13.6. The predicted octanol–water partition coefficient (Wildman–Crippen LogP) is 3.44. The van der Waals surface area contributed by atoms with Crippen molar-refractivity contribution in [3.05, 3.63) is 29.8 Å². The summed E-state index contributed by atoms with van der Waals surface area (Å²) in [5, 5.41) is 0. The summed E-state index contributed by atoms with van der Waals surface area (Å²) >= 11 is 5.89. The van der Waals surface area contributed by atoms with E-state index < -0.39 is 0 Å². The van der Waals surface area contributed by atoms with Crippen molar-refractivity contribution in [1.29, 1.82) is 0 Å². The van der Waals surface area contributed by atoms with E-state index in [1.165, 1.54) is 18.9 Å². The van der Waals surface area contributed by atoms with E-state index in [1.54, 1.807) is 12.1 Å². The molecule has 0 bridgehead atoms. The first-order valence-corrected chi connectivity index (χ1v) is 8.17. The average Bonchev–Trinajstić information content (AvgIpc) is 3.09. The molecule has 2 heterocycles. The van der Waals surface area contributed by atoms with E-state index in [0.29, 0.717) is 18.3 Å². The van der Waals surface area contributed by atoms with Gasteiger partial charge in [-0.3, -0.25) is 4.90 Å². The number of imidazole rings is 1. The number of likely N-dealkylation sites (tertiary alicyclic amines) is 1. The molecule has 0 aliphatic carbocycles. The van der Waals surface area contributed by atoms with Gasteiger partial charge in [0.25, 0.3) is 0 Å². The predicted molar refractivity (Wildman–Crippen MR) is 84.4 cm³/mol. The van der Waals surface area contributed by atoms with Crippen LogP contribution in [-0.2, 0) is 13.0 Å². The minimum atomic E-state index is -0.213. The molecule has 2 aromatic rings. The Balaban J connectivity index is 1.93. The molecule has 21 heavy (non-hydrogen) atoms. The molecule has 0 saturated carbocycles. The highest BCUT2D eigenvalue weighted by molar-refractivity contribution is 6.17. The van der Waals surface area contributed by atoms with Crippen LogP contribution >= 0.6 is 11.6 Å². The zero-order valence-corrected chi connectivity index (χ0v) is 13.1. The molecule has 3 nitrogen and oxygen atoms in total. The quantitative estimate of drug-likeness (QED) is 0.789. The van der Waals surface area contributed by atoms with Crippen LogP contribution in [0.15, 0.2) is 18.2 Å². The van der Waals surface area contributed by atoms with Crippen LogP contribution in [0.2, 0.25) is 0 Å². The molecule has 3 rings (SSSR count). The molecule has 1 aromatic heterocycles. The minimum Gasteiger partial charge on any atom is -0.326 e. The van der Waals surface area contributed by atoms with Gasteiger partial charge in [0.15, 0.2) is 0 Å². The number of hydrogen-bond acceptors (Lipinski definition) is 2. The van der Waals surface area contributed by atoms with Crippen LogP contribution in [0.3, 0.4) is 0 Å². The molecule has 1 aliphatic rings. The lowest BCUT2D eigenvalue weighted by molar-refractivity contribution is 0.236. The largest absolute Gasteiger partial charge is 0.326 e. The maximum Gasteiger partial charge on any atom is 0.125 e. The smallest absolute Gasteiger partial charge is 0.125 e. The van der Waals surface area contributed by atoms with Crippen LogP contribution in [0.5, 0.6) is 0 Å². The summed E-state index contributed by atoms with van der Waals surface area (Å²) in [5.41, 5.74) is 1.73. The summed E-state index contributed by atoms with van der Waals surface area (Å²) in [6, 6.07) is 5.23. The first kappa shape index (κ1) is 14.8.